The van der Waals surface area contributed by atoms with E-state index in [0.717, 1.165) is 0 Å². The van der Waals surface area contributed by atoms with E-state index >= 15 is 0 Å². The van der Waals surface area contributed by atoms with Gasteiger partial charge in [0.15, 0.2) is 9.84 Å². The van der Waals surface area contributed by atoms with Gasteiger partial charge in [-0.05, 0) is 11.1 Å². The molecule has 3 rings (SSSR count). The lowest BCUT2D eigenvalue weighted by Crippen LogP contribution is -2.47. The Kier molecular flexibility index (Phi) is 3.52. The molecule has 1 amide bonds. The van der Waals surface area contributed by atoms with E-state index in [1.807, 2.05) is 24.3 Å². The number of sulfone groups is 1. The van der Waals surface area contributed by atoms with Crippen LogP contribution in [0, 0.1) is 0 Å². The summed E-state index contributed by atoms with van der Waals surface area (Å²) in [7, 11) is -2.99. The summed E-state index contributed by atoms with van der Waals surface area (Å²) in [6.07, 6.45) is 0.257. The second-order valence-electron chi connectivity index (χ2n) is 5.49. The van der Waals surface area contributed by atoms with Gasteiger partial charge in [0.05, 0.1) is 11.5 Å². The highest BCUT2D eigenvalue weighted by Crippen LogP contribution is 2.23. The lowest BCUT2D eigenvalue weighted by Gasteiger charge is -2.25. The summed E-state index contributed by atoms with van der Waals surface area (Å²) in [5, 5.41) is 3.12. The highest BCUT2D eigenvalue weighted by Gasteiger charge is 2.29. The maximum atomic E-state index is 12.3. The summed E-state index contributed by atoms with van der Waals surface area (Å²) in [6.45, 7) is 1.71. The van der Waals surface area contributed by atoms with Crippen LogP contribution in [0.15, 0.2) is 24.3 Å². The van der Waals surface area contributed by atoms with Crippen LogP contribution in [0.25, 0.3) is 0 Å². The average Bonchev–Trinajstić information content (AvgIpc) is 2.81. The van der Waals surface area contributed by atoms with Crippen LogP contribution in [0.3, 0.4) is 0 Å². The number of hydrogen-bond acceptors (Lipinski definition) is 4. The third-order valence-corrected chi connectivity index (χ3v) is 5.65. The first-order valence-electron chi connectivity index (χ1n) is 6.82. The molecule has 0 aliphatic carbocycles. The molecule has 1 aromatic rings. The second kappa shape index (κ2) is 5.18. The second-order valence-corrected chi connectivity index (χ2v) is 7.72. The van der Waals surface area contributed by atoms with E-state index in [0.29, 0.717) is 19.6 Å². The predicted molar refractivity (Wildman–Crippen MR) is 75.8 cm³/mol. The van der Waals surface area contributed by atoms with E-state index < -0.39 is 9.84 Å². The Bertz CT molecular complexity index is 602. The molecule has 108 valence electrons. The number of hydrogen-bond donors (Lipinski definition) is 1. The Morgan fingerprint density at radius 2 is 1.90 bits per heavy atom. The zero-order chi connectivity index (χ0) is 14.2. The molecule has 0 aromatic heterocycles. The van der Waals surface area contributed by atoms with Gasteiger partial charge in [0, 0.05) is 32.1 Å². The van der Waals surface area contributed by atoms with Gasteiger partial charge in [-0.3, -0.25) is 4.79 Å². The van der Waals surface area contributed by atoms with Crippen LogP contribution in [0.5, 0.6) is 0 Å². The molecule has 2 aliphatic rings. The van der Waals surface area contributed by atoms with E-state index in [2.05, 4.69) is 5.32 Å². The van der Waals surface area contributed by atoms with Gasteiger partial charge in [0.1, 0.15) is 0 Å². The summed E-state index contributed by atoms with van der Waals surface area (Å²) in [5.74, 6) is 0.266. The fourth-order valence-electron chi connectivity index (χ4n) is 2.85. The van der Waals surface area contributed by atoms with E-state index in [1.54, 1.807) is 4.90 Å². The van der Waals surface area contributed by atoms with E-state index in [1.165, 1.54) is 11.1 Å². The fourth-order valence-corrected chi connectivity index (χ4v) is 4.29. The summed E-state index contributed by atoms with van der Waals surface area (Å²) in [6, 6.07) is 7.77. The van der Waals surface area contributed by atoms with E-state index in [4.69, 9.17) is 0 Å². The van der Waals surface area contributed by atoms with Crippen molar-refractivity contribution in [1.82, 2.24) is 10.2 Å². The van der Waals surface area contributed by atoms with Gasteiger partial charge in [-0.25, -0.2) is 8.42 Å². The van der Waals surface area contributed by atoms with Crippen molar-refractivity contribution < 1.29 is 13.2 Å². The number of carbonyl (C=O) groups excluding carboxylic acids is 1. The molecule has 20 heavy (non-hydrogen) atoms. The van der Waals surface area contributed by atoms with Crippen molar-refractivity contribution in [3.63, 3.8) is 0 Å². The Balaban J connectivity index is 1.61. The van der Waals surface area contributed by atoms with Gasteiger partial charge in [0.25, 0.3) is 0 Å². The minimum atomic E-state index is -2.99. The number of nitrogens with zero attached hydrogens (tertiary/aromatic N) is 1. The molecule has 0 radical (unpaired) electrons. The molecular formula is C14H18N2O3S. The lowest BCUT2D eigenvalue weighted by atomic mass is 10.1. The highest BCUT2D eigenvalue weighted by atomic mass is 32.2. The largest absolute Gasteiger partial charge is 0.334 e. The summed E-state index contributed by atoms with van der Waals surface area (Å²) in [5.41, 5.74) is 2.37. The van der Waals surface area contributed by atoms with E-state index in [-0.39, 0.29) is 29.9 Å². The molecule has 1 aromatic carbocycles. The molecule has 0 bridgehead atoms. The van der Waals surface area contributed by atoms with Crippen LogP contribution < -0.4 is 5.32 Å². The molecule has 1 atom stereocenters. The smallest absolute Gasteiger partial charge is 0.224 e. The molecule has 2 aliphatic heterocycles. The van der Waals surface area contributed by atoms with Gasteiger partial charge >= 0.3 is 0 Å². The van der Waals surface area contributed by atoms with Crippen LogP contribution in [-0.2, 0) is 27.7 Å². The van der Waals surface area contributed by atoms with Crippen LogP contribution in [0.1, 0.15) is 17.5 Å². The van der Waals surface area contributed by atoms with Gasteiger partial charge in [-0.1, -0.05) is 24.3 Å². The number of amides is 1. The first-order chi connectivity index (χ1) is 9.53. The van der Waals surface area contributed by atoms with E-state index in [9.17, 15) is 13.2 Å². The summed E-state index contributed by atoms with van der Waals surface area (Å²) in [4.78, 5) is 14.1. The molecule has 1 fully saturated rings. The number of rotatable bonds is 2. The average molecular weight is 294 g/mol. The van der Waals surface area contributed by atoms with Crippen molar-refractivity contribution in [3.8, 4) is 0 Å². The molecule has 1 saturated heterocycles. The van der Waals surface area contributed by atoms with Crippen LogP contribution >= 0.6 is 0 Å². The summed E-state index contributed by atoms with van der Waals surface area (Å²) >= 11 is 0. The lowest BCUT2D eigenvalue weighted by molar-refractivity contribution is -0.132. The van der Waals surface area contributed by atoms with Crippen molar-refractivity contribution in [2.45, 2.75) is 25.6 Å². The monoisotopic (exact) mass is 294 g/mol. The Labute approximate surface area is 118 Å². The standard InChI is InChI=1S/C14H18N2O3S/c17-14(7-13-10-20(18,19)6-5-15-13)16-8-11-3-1-2-4-12(11)9-16/h1-4,13,15H,5-10H2. The number of fused-ring (bicyclic) bond motifs is 1. The molecule has 6 heteroatoms. The normalized spacial score (nSPS) is 24.4. The van der Waals surface area contributed by atoms with Gasteiger partial charge in [-0.2, -0.15) is 0 Å². The molecule has 5 nitrogen and oxygen atoms in total. The topological polar surface area (TPSA) is 66.5 Å². The third-order valence-electron chi connectivity index (χ3n) is 3.92. The van der Waals surface area contributed by atoms with Gasteiger partial charge in [-0.15, -0.1) is 0 Å². The number of carbonyl (C=O) groups is 1. The molecule has 1 unspecified atom stereocenters. The van der Waals surface area contributed by atoms with Crippen LogP contribution in [0.4, 0.5) is 0 Å². The quantitative estimate of drug-likeness (QED) is 0.852. The van der Waals surface area contributed by atoms with Crippen molar-refractivity contribution in [1.29, 1.82) is 0 Å². The first-order valence-corrected chi connectivity index (χ1v) is 8.64. The highest BCUT2D eigenvalue weighted by molar-refractivity contribution is 7.91. The minimum Gasteiger partial charge on any atom is -0.334 e. The number of nitrogens with one attached hydrogen (secondary N) is 1. The SMILES string of the molecule is O=C(CC1CS(=O)(=O)CCN1)N1Cc2ccccc2C1. The maximum Gasteiger partial charge on any atom is 0.224 e. The summed E-state index contributed by atoms with van der Waals surface area (Å²) < 4.78 is 23.2. The fraction of sp³-hybridized carbons (Fsp3) is 0.500. The first kappa shape index (κ1) is 13.6. The zero-order valence-electron chi connectivity index (χ0n) is 11.2. The molecule has 2 heterocycles. The molecular weight excluding hydrogens is 276 g/mol. The van der Waals surface area contributed by atoms with Crippen LogP contribution in [0.2, 0.25) is 0 Å². The maximum absolute atomic E-state index is 12.3. The molecule has 1 N–H and O–H groups in total. The van der Waals surface area contributed by atoms with Crippen molar-refractivity contribution in [3.05, 3.63) is 35.4 Å². The Morgan fingerprint density at radius 3 is 2.50 bits per heavy atom. The van der Waals surface area contributed by atoms with Crippen molar-refractivity contribution in [2.75, 3.05) is 18.1 Å². The molecule has 0 spiro atoms. The Hall–Kier alpha value is -1.40. The predicted octanol–water partition coefficient (Wildman–Crippen LogP) is 0.306. The minimum absolute atomic E-state index is 0.0239. The van der Waals surface area contributed by atoms with Gasteiger partial charge in [0.2, 0.25) is 5.91 Å². The third kappa shape index (κ3) is 2.86. The van der Waals surface area contributed by atoms with Crippen molar-refractivity contribution >= 4 is 15.7 Å². The van der Waals surface area contributed by atoms with Gasteiger partial charge < -0.3 is 10.2 Å². The molecule has 0 saturated carbocycles. The zero-order valence-corrected chi connectivity index (χ0v) is 12.0. The van der Waals surface area contributed by atoms with Crippen LogP contribution in [-0.4, -0.2) is 43.3 Å². The van der Waals surface area contributed by atoms with Crippen molar-refractivity contribution in [2.24, 2.45) is 0 Å². The Morgan fingerprint density at radius 1 is 1.25 bits per heavy atom. The number of benzene rings is 1.